The molecule has 1 saturated heterocycles. The molecule has 0 aromatic heterocycles. The standard InChI is InChI=1S/C27H45N3O2/c1-2-3-4-5-6-7-8-9-10-11-12-13-14-15-16-17-18-19-27(31)29-25-26(24-28)30-20-22-32-23-21-30/h3-4,6-7,9-10,12-13,15-16,26H,2,5,8,11,14,17-25,28H2,1H3,(H,29,31). The highest BCUT2D eigenvalue weighted by atomic mass is 16.5. The Morgan fingerprint density at radius 1 is 0.906 bits per heavy atom. The average Bonchev–Trinajstić information content (AvgIpc) is 2.82. The second-order valence-electron chi connectivity index (χ2n) is 7.94. The zero-order chi connectivity index (χ0) is 23.1. The van der Waals surface area contributed by atoms with Crippen LogP contribution in [0.2, 0.25) is 0 Å². The maximum absolute atomic E-state index is 12.1. The van der Waals surface area contributed by atoms with Crippen molar-refractivity contribution in [3.63, 3.8) is 0 Å². The van der Waals surface area contributed by atoms with Gasteiger partial charge in [0.25, 0.3) is 0 Å². The van der Waals surface area contributed by atoms with E-state index >= 15 is 0 Å². The molecule has 0 saturated carbocycles. The summed E-state index contributed by atoms with van der Waals surface area (Å²) < 4.78 is 5.38. The van der Waals surface area contributed by atoms with Crippen LogP contribution in [0.25, 0.3) is 0 Å². The van der Waals surface area contributed by atoms with Crippen LogP contribution in [-0.2, 0) is 9.53 Å². The summed E-state index contributed by atoms with van der Waals surface area (Å²) >= 11 is 0. The van der Waals surface area contributed by atoms with Gasteiger partial charge in [0.15, 0.2) is 0 Å². The van der Waals surface area contributed by atoms with E-state index in [9.17, 15) is 4.79 Å². The highest BCUT2D eigenvalue weighted by molar-refractivity contribution is 5.75. The number of carbonyl (C=O) groups excluding carboxylic acids is 1. The zero-order valence-corrected chi connectivity index (χ0v) is 20.1. The number of nitrogens with zero attached hydrogens (tertiary/aromatic N) is 1. The van der Waals surface area contributed by atoms with Crippen LogP contribution in [0.4, 0.5) is 0 Å². The second kappa shape index (κ2) is 20.9. The van der Waals surface area contributed by atoms with Gasteiger partial charge in [-0.2, -0.15) is 0 Å². The van der Waals surface area contributed by atoms with Crippen LogP contribution >= 0.6 is 0 Å². The van der Waals surface area contributed by atoms with Crippen molar-refractivity contribution in [2.24, 2.45) is 5.73 Å². The Kier molecular flexibility index (Phi) is 18.4. The summed E-state index contributed by atoms with van der Waals surface area (Å²) in [5.74, 6) is 0.115. The smallest absolute Gasteiger partial charge is 0.220 e. The largest absolute Gasteiger partial charge is 0.379 e. The van der Waals surface area contributed by atoms with Crippen LogP contribution in [0.5, 0.6) is 0 Å². The monoisotopic (exact) mass is 443 g/mol. The molecule has 0 radical (unpaired) electrons. The predicted octanol–water partition coefficient (Wildman–Crippen LogP) is 4.68. The van der Waals surface area contributed by atoms with Crippen molar-refractivity contribution in [2.45, 2.75) is 64.3 Å². The van der Waals surface area contributed by atoms with E-state index in [1.54, 1.807) is 0 Å². The van der Waals surface area contributed by atoms with Gasteiger partial charge < -0.3 is 15.8 Å². The molecule has 0 aliphatic carbocycles. The number of allylic oxidation sites excluding steroid dienone is 10. The maximum atomic E-state index is 12.1. The van der Waals surface area contributed by atoms with Crippen LogP contribution in [-0.4, -0.2) is 56.2 Å². The van der Waals surface area contributed by atoms with Gasteiger partial charge in [-0.25, -0.2) is 0 Å². The molecule has 1 aliphatic heterocycles. The average molecular weight is 444 g/mol. The molecule has 1 unspecified atom stereocenters. The molecular weight excluding hydrogens is 398 g/mol. The molecule has 0 aromatic carbocycles. The van der Waals surface area contributed by atoms with E-state index in [0.717, 1.165) is 71.2 Å². The van der Waals surface area contributed by atoms with Gasteiger partial charge in [-0.05, 0) is 44.9 Å². The SMILES string of the molecule is CCC=CCC=CCC=CCC=CCC=CCCCC(=O)NCC(CN)N1CCOCC1. The molecule has 0 spiro atoms. The molecule has 1 atom stereocenters. The summed E-state index contributed by atoms with van der Waals surface area (Å²) in [4.78, 5) is 14.4. The molecule has 1 heterocycles. The molecule has 0 aromatic rings. The number of ether oxygens (including phenoxy) is 1. The molecule has 5 heteroatoms. The van der Waals surface area contributed by atoms with E-state index < -0.39 is 0 Å². The number of amides is 1. The van der Waals surface area contributed by atoms with Crippen LogP contribution < -0.4 is 11.1 Å². The van der Waals surface area contributed by atoms with Gasteiger partial charge in [-0.15, -0.1) is 0 Å². The van der Waals surface area contributed by atoms with Crippen molar-refractivity contribution >= 4 is 5.91 Å². The van der Waals surface area contributed by atoms with E-state index in [2.05, 4.69) is 77.9 Å². The number of rotatable bonds is 17. The highest BCUT2D eigenvalue weighted by Gasteiger charge is 2.19. The molecule has 1 amide bonds. The van der Waals surface area contributed by atoms with Gasteiger partial charge in [0, 0.05) is 38.6 Å². The lowest BCUT2D eigenvalue weighted by molar-refractivity contribution is -0.121. The number of hydrogen-bond donors (Lipinski definition) is 2. The molecule has 1 fully saturated rings. The van der Waals surface area contributed by atoms with Crippen molar-refractivity contribution in [2.75, 3.05) is 39.4 Å². The molecular formula is C27H45N3O2. The Hall–Kier alpha value is -1.95. The minimum atomic E-state index is 0.115. The Morgan fingerprint density at radius 2 is 1.44 bits per heavy atom. The lowest BCUT2D eigenvalue weighted by Gasteiger charge is -2.33. The van der Waals surface area contributed by atoms with Gasteiger partial charge in [0.1, 0.15) is 0 Å². The van der Waals surface area contributed by atoms with Crippen LogP contribution in [0.3, 0.4) is 0 Å². The van der Waals surface area contributed by atoms with E-state index in [1.807, 2.05) is 0 Å². The highest BCUT2D eigenvalue weighted by Crippen LogP contribution is 2.03. The quantitative estimate of drug-likeness (QED) is 0.253. The summed E-state index contributed by atoms with van der Waals surface area (Å²) in [7, 11) is 0. The number of nitrogens with one attached hydrogen (secondary N) is 1. The summed E-state index contributed by atoms with van der Waals surface area (Å²) in [6.07, 6.45) is 29.4. The van der Waals surface area contributed by atoms with Crippen molar-refractivity contribution in [3.8, 4) is 0 Å². The van der Waals surface area contributed by atoms with E-state index in [1.165, 1.54) is 0 Å². The van der Waals surface area contributed by atoms with Crippen molar-refractivity contribution in [1.29, 1.82) is 0 Å². The lowest BCUT2D eigenvalue weighted by atomic mass is 10.2. The second-order valence-corrected chi connectivity index (χ2v) is 7.94. The summed E-state index contributed by atoms with van der Waals surface area (Å²) in [6.45, 7) is 6.61. The Morgan fingerprint density at radius 3 is 1.97 bits per heavy atom. The number of morpholine rings is 1. The zero-order valence-electron chi connectivity index (χ0n) is 20.1. The third kappa shape index (κ3) is 15.8. The van der Waals surface area contributed by atoms with Crippen LogP contribution in [0.1, 0.15) is 58.3 Å². The lowest BCUT2D eigenvalue weighted by Crippen LogP contribution is -2.52. The molecule has 5 nitrogen and oxygen atoms in total. The first-order chi connectivity index (χ1) is 15.8. The van der Waals surface area contributed by atoms with Crippen LogP contribution in [0.15, 0.2) is 60.8 Å². The predicted molar refractivity (Wildman–Crippen MR) is 137 cm³/mol. The Bertz CT molecular complexity index is 602. The first-order valence-corrected chi connectivity index (χ1v) is 12.3. The number of unbranched alkanes of at least 4 members (excludes halogenated alkanes) is 1. The maximum Gasteiger partial charge on any atom is 0.220 e. The molecule has 0 bridgehead atoms. The number of carbonyl (C=O) groups is 1. The third-order valence-electron chi connectivity index (χ3n) is 5.30. The normalized spacial score (nSPS) is 16.9. The van der Waals surface area contributed by atoms with E-state index in [0.29, 0.717) is 19.5 Å². The first kappa shape index (κ1) is 28.1. The fourth-order valence-electron chi connectivity index (χ4n) is 3.37. The molecule has 3 N–H and O–H groups in total. The number of hydrogen-bond acceptors (Lipinski definition) is 4. The van der Waals surface area contributed by atoms with Gasteiger partial charge in [-0.3, -0.25) is 9.69 Å². The van der Waals surface area contributed by atoms with Gasteiger partial charge in [0.2, 0.25) is 5.91 Å². The summed E-state index contributed by atoms with van der Waals surface area (Å²) in [5, 5.41) is 3.04. The first-order valence-electron chi connectivity index (χ1n) is 12.3. The number of nitrogens with two attached hydrogens (primary N) is 1. The Labute approximate surface area is 196 Å². The van der Waals surface area contributed by atoms with E-state index in [-0.39, 0.29) is 11.9 Å². The third-order valence-corrected chi connectivity index (χ3v) is 5.30. The molecule has 1 aliphatic rings. The van der Waals surface area contributed by atoms with Crippen molar-refractivity contribution in [3.05, 3.63) is 60.8 Å². The molecule has 180 valence electrons. The fourth-order valence-corrected chi connectivity index (χ4v) is 3.37. The van der Waals surface area contributed by atoms with Gasteiger partial charge >= 0.3 is 0 Å². The summed E-state index contributed by atoms with van der Waals surface area (Å²) in [5.41, 5.74) is 5.88. The van der Waals surface area contributed by atoms with Crippen molar-refractivity contribution < 1.29 is 9.53 Å². The Balaban J connectivity index is 1.99. The topological polar surface area (TPSA) is 67.6 Å². The van der Waals surface area contributed by atoms with Crippen LogP contribution in [0, 0.1) is 0 Å². The minimum Gasteiger partial charge on any atom is -0.379 e. The molecule has 1 rings (SSSR count). The van der Waals surface area contributed by atoms with Gasteiger partial charge in [0.05, 0.1) is 13.2 Å². The molecule has 32 heavy (non-hydrogen) atoms. The fraction of sp³-hybridized carbons (Fsp3) is 0.593. The van der Waals surface area contributed by atoms with E-state index in [4.69, 9.17) is 10.5 Å². The summed E-state index contributed by atoms with van der Waals surface area (Å²) in [6, 6.07) is 0.203. The van der Waals surface area contributed by atoms with Crippen molar-refractivity contribution in [1.82, 2.24) is 10.2 Å². The minimum absolute atomic E-state index is 0.115. The van der Waals surface area contributed by atoms with Gasteiger partial charge in [-0.1, -0.05) is 67.7 Å².